The Labute approximate surface area is 108 Å². The molecular formula is C15H33NO. The molecule has 0 aromatic heterocycles. The monoisotopic (exact) mass is 243 g/mol. The quantitative estimate of drug-likeness (QED) is 0.573. The molecule has 0 aliphatic carbocycles. The minimum absolute atomic E-state index is 0.199. The molecule has 0 aromatic rings. The Balaban J connectivity index is 3.22. The zero-order valence-electron chi connectivity index (χ0n) is 12.4. The van der Waals surface area contributed by atoms with Gasteiger partial charge in [0.25, 0.3) is 0 Å². The molecule has 2 nitrogen and oxygen atoms in total. The van der Waals surface area contributed by atoms with Gasteiger partial charge in [-0.1, -0.05) is 59.8 Å². The first-order valence-electron chi connectivity index (χ1n) is 7.34. The molecule has 2 N–H and O–H groups in total. The summed E-state index contributed by atoms with van der Waals surface area (Å²) in [7, 11) is 0. The van der Waals surface area contributed by atoms with Crippen LogP contribution >= 0.6 is 0 Å². The normalized spacial score (nSPS) is 13.9. The van der Waals surface area contributed by atoms with Crippen LogP contribution in [0.5, 0.6) is 0 Å². The Hall–Kier alpha value is -0.0800. The lowest BCUT2D eigenvalue weighted by atomic mass is 9.89. The number of rotatable bonds is 10. The van der Waals surface area contributed by atoms with Crippen LogP contribution in [0.1, 0.15) is 72.6 Å². The van der Waals surface area contributed by atoms with Gasteiger partial charge in [0.2, 0.25) is 0 Å². The third kappa shape index (κ3) is 13.9. The summed E-state index contributed by atoms with van der Waals surface area (Å²) in [6.45, 7) is 10.6. The largest absolute Gasteiger partial charge is 0.392 e. The molecular weight excluding hydrogens is 210 g/mol. The van der Waals surface area contributed by atoms with E-state index in [1.807, 2.05) is 0 Å². The van der Waals surface area contributed by atoms with Crippen molar-refractivity contribution in [2.24, 2.45) is 5.41 Å². The van der Waals surface area contributed by atoms with Gasteiger partial charge >= 0.3 is 0 Å². The fourth-order valence-corrected chi connectivity index (χ4v) is 2.08. The molecule has 0 aliphatic rings. The van der Waals surface area contributed by atoms with Crippen molar-refractivity contribution >= 4 is 0 Å². The van der Waals surface area contributed by atoms with Gasteiger partial charge in [-0.05, 0) is 24.8 Å². The summed E-state index contributed by atoms with van der Waals surface area (Å²) in [6, 6.07) is 0. The van der Waals surface area contributed by atoms with Crippen LogP contribution in [0.3, 0.4) is 0 Å². The minimum atomic E-state index is -0.199. The molecule has 0 amide bonds. The highest BCUT2D eigenvalue weighted by molar-refractivity contribution is 4.69. The van der Waals surface area contributed by atoms with Gasteiger partial charge in [-0.15, -0.1) is 0 Å². The molecule has 0 rings (SSSR count). The summed E-state index contributed by atoms with van der Waals surface area (Å²) < 4.78 is 0. The van der Waals surface area contributed by atoms with Crippen LogP contribution in [0, 0.1) is 5.41 Å². The van der Waals surface area contributed by atoms with Gasteiger partial charge < -0.3 is 10.4 Å². The molecule has 0 radical (unpaired) electrons. The Bertz CT molecular complexity index is 163. The third-order valence-electron chi connectivity index (χ3n) is 2.94. The number of hydrogen-bond acceptors (Lipinski definition) is 2. The Morgan fingerprint density at radius 3 is 2.18 bits per heavy atom. The molecule has 0 spiro atoms. The molecule has 0 heterocycles. The van der Waals surface area contributed by atoms with Crippen LogP contribution in [0.4, 0.5) is 0 Å². The van der Waals surface area contributed by atoms with E-state index in [4.69, 9.17) is 0 Å². The van der Waals surface area contributed by atoms with E-state index in [2.05, 4.69) is 33.0 Å². The van der Waals surface area contributed by atoms with Gasteiger partial charge in [0, 0.05) is 6.54 Å². The zero-order valence-corrected chi connectivity index (χ0v) is 12.4. The average Bonchev–Trinajstić information content (AvgIpc) is 2.19. The maximum atomic E-state index is 9.79. The highest BCUT2D eigenvalue weighted by Gasteiger charge is 2.15. The molecule has 2 heteroatoms. The molecule has 0 saturated heterocycles. The maximum Gasteiger partial charge on any atom is 0.0669 e. The number of aliphatic hydroxyl groups is 1. The summed E-state index contributed by atoms with van der Waals surface area (Å²) in [5, 5.41) is 13.1. The summed E-state index contributed by atoms with van der Waals surface area (Å²) in [5.74, 6) is 0. The van der Waals surface area contributed by atoms with Gasteiger partial charge in [0.15, 0.2) is 0 Å². The Morgan fingerprint density at radius 1 is 1.00 bits per heavy atom. The van der Waals surface area contributed by atoms with Crippen LogP contribution in [0.15, 0.2) is 0 Å². The molecule has 0 aromatic carbocycles. The van der Waals surface area contributed by atoms with Crippen molar-refractivity contribution in [3.63, 3.8) is 0 Å². The number of nitrogens with one attached hydrogen (secondary N) is 1. The molecule has 17 heavy (non-hydrogen) atoms. The topological polar surface area (TPSA) is 32.3 Å². The lowest BCUT2D eigenvalue weighted by molar-refractivity contribution is 0.120. The van der Waals surface area contributed by atoms with Crippen LogP contribution in [-0.2, 0) is 0 Å². The lowest BCUT2D eigenvalue weighted by Crippen LogP contribution is -2.30. The predicted molar refractivity (Wildman–Crippen MR) is 76.3 cm³/mol. The van der Waals surface area contributed by atoms with E-state index in [9.17, 15) is 5.11 Å². The Kier molecular flexibility index (Phi) is 9.85. The first-order valence-corrected chi connectivity index (χ1v) is 7.34. The number of unbranched alkanes of at least 4 members (excludes halogenated alkanes) is 5. The smallest absolute Gasteiger partial charge is 0.0669 e. The molecule has 0 aliphatic heterocycles. The van der Waals surface area contributed by atoms with Crippen molar-refractivity contribution in [2.45, 2.75) is 78.7 Å². The van der Waals surface area contributed by atoms with Crippen LogP contribution in [-0.4, -0.2) is 24.3 Å². The predicted octanol–water partition coefficient (Wildman–Crippen LogP) is 3.73. The van der Waals surface area contributed by atoms with Gasteiger partial charge in [-0.3, -0.25) is 0 Å². The van der Waals surface area contributed by atoms with E-state index in [0.29, 0.717) is 0 Å². The molecule has 1 atom stereocenters. The van der Waals surface area contributed by atoms with E-state index < -0.39 is 0 Å². The second-order valence-electron chi connectivity index (χ2n) is 6.39. The lowest BCUT2D eigenvalue weighted by Gasteiger charge is -2.22. The van der Waals surface area contributed by atoms with Gasteiger partial charge in [0.05, 0.1) is 6.10 Å². The van der Waals surface area contributed by atoms with E-state index in [0.717, 1.165) is 19.5 Å². The Morgan fingerprint density at radius 2 is 1.59 bits per heavy atom. The van der Waals surface area contributed by atoms with Crippen LogP contribution < -0.4 is 5.32 Å². The van der Waals surface area contributed by atoms with Gasteiger partial charge in [-0.2, -0.15) is 0 Å². The first kappa shape index (κ1) is 16.9. The van der Waals surface area contributed by atoms with Crippen molar-refractivity contribution < 1.29 is 5.11 Å². The van der Waals surface area contributed by atoms with Crippen molar-refractivity contribution in [3.05, 3.63) is 0 Å². The molecule has 1 unspecified atom stereocenters. The van der Waals surface area contributed by atoms with E-state index >= 15 is 0 Å². The number of aliphatic hydroxyl groups excluding tert-OH is 1. The van der Waals surface area contributed by atoms with Crippen molar-refractivity contribution in [3.8, 4) is 0 Å². The third-order valence-corrected chi connectivity index (χ3v) is 2.94. The van der Waals surface area contributed by atoms with E-state index in [1.54, 1.807) is 0 Å². The molecule has 0 saturated carbocycles. The van der Waals surface area contributed by atoms with Crippen LogP contribution in [0.2, 0.25) is 0 Å². The van der Waals surface area contributed by atoms with Gasteiger partial charge in [-0.25, -0.2) is 0 Å². The standard InChI is InChI=1S/C15H33NO/c1-5-6-7-8-9-10-11-16-13-14(17)12-15(2,3)4/h14,16-17H,5-13H2,1-4H3. The van der Waals surface area contributed by atoms with Crippen molar-refractivity contribution in [2.75, 3.05) is 13.1 Å². The fourth-order valence-electron chi connectivity index (χ4n) is 2.08. The highest BCUT2D eigenvalue weighted by Crippen LogP contribution is 2.20. The van der Waals surface area contributed by atoms with Crippen molar-refractivity contribution in [1.29, 1.82) is 0 Å². The second kappa shape index (κ2) is 9.90. The SMILES string of the molecule is CCCCCCCCNCC(O)CC(C)(C)C. The molecule has 0 fully saturated rings. The zero-order chi connectivity index (χ0) is 13.1. The van der Waals surface area contributed by atoms with E-state index in [-0.39, 0.29) is 11.5 Å². The average molecular weight is 243 g/mol. The molecule has 0 bridgehead atoms. The first-order chi connectivity index (χ1) is 7.95. The second-order valence-corrected chi connectivity index (χ2v) is 6.39. The summed E-state index contributed by atoms with van der Waals surface area (Å²) >= 11 is 0. The number of hydrogen-bond donors (Lipinski definition) is 2. The summed E-state index contributed by atoms with van der Waals surface area (Å²) in [4.78, 5) is 0. The van der Waals surface area contributed by atoms with Gasteiger partial charge in [0.1, 0.15) is 0 Å². The van der Waals surface area contributed by atoms with Crippen molar-refractivity contribution in [1.82, 2.24) is 5.32 Å². The fraction of sp³-hybridized carbons (Fsp3) is 1.00. The summed E-state index contributed by atoms with van der Waals surface area (Å²) in [5.41, 5.74) is 0.223. The van der Waals surface area contributed by atoms with Crippen LogP contribution in [0.25, 0.3) is 0 Å². The maximum absolute atomic E-state index is 9.79. The minimum Gasteiger partial charge on any atom is -0.392 e. The van der Waals surface area contributed by atoms with E-state index in [1.165, 1.54) is 38.5 Å². The molecule has 104 valence electrons. The summed E-state index contributed by atoms with van der Waals surface area (Å²) in [6.07, 6.45) is 8.67. The highest BCUT2D eigenvalue weighted by atomic mass is 16.3.